The van der Waals surface area contributed by atoms with Crippen molar-refractivity contribution in [1.82, 2.24) is 24.3 Å². The van der Waals surface area contributed by atoms with Crippen LogP contribution in [0.5, 0.6) is 0 Å². The first-order chi connectivity index (χ1) is 12.5. The van der Waals surface area contributed by atoms with Crippen LogP contribution in [0, 0.1) is 5.82 Å². The molecule has 0 radical (unpaired) electrons. The topological polar surface area (TPSA) is 85.2 Å². The summed E-state index contributed by atoms with van der Waals surface area (Å²) in [5.74, 6) is 0.578. The zero-order chi connectivity index (χ0) is 18.3. The number of rotatable bonds is 3. The third-order valence-electron chi connectivity index (χ3n) is 3.98. The van der Waals surface area contributed by atoms with Gasteiger partial charge in [0, 0.05) is 38.2 Å². The smallest absolute Gasteiger partial charge is 0.220 e. The summed E-state index contributed by atoms with van der Waals surface area (Å²) < 4.78 is 15.3. The van der Waals surface area contributed by atoms with Crippen molar-refractivity contribution in [3.63, 3.8) is 0 Å². The lowest BCUT2D eigenvalue weighted by molar-refractivity contribution is 0.628. The van der Waals surface area contributed by atoms with Crippen LogP contribution in [0.4, 0.5) is 16.2 Å². The number of hydrogen-bond donors (Lipinski definition) is 1. The molecule has 0 aliphatic heterocycles. The quantitative estimate of drug-likeness (QED) is 0.612. The Kier molecular flexibility index (Phi) is 3.72. The van der Waals surface area contributed by atoms with Crippen LogP contribution in [0.15, 0.2) is 48.9 Å². The first-order valence-electron chi connectivity index (χ1n) is 7.94. The Labute approximate surface area is 149 Å². The number of hydrogen-bond acceptors (Lipinski definition) is 6. The number of nitrogen functional groups attached to an aromatic ring is 1. The lowest BCUT2D eigenvalue weighted by Crippen LogP contribution is -2.12. The molecule has 0 atom stereocenters. The minimum absolute atomic E-state index is 0.171. The van der Waals surface area contributed by atoms with Gasteiger partial charge in [-0.3, -0.25) is 4.40 Å². The summed E-state index contributed by atoms with van der Waals surface area (Å²) in [6.45, 7) is 0. The van der Waals surface area contributed by atoms with Crippen LogP contribution in [-0.4, -0.2) is 38.4 Å². The Morgan fingerprint density at radius 3 is 2.46 bits per heavy atom. The first kappa shape index (κ1) is 15.9. The molecule has 0 aliphatic carbocycles. The maximum absolute atomic E-state index is 13.4. The van der Waals surface area contributed by atoms with Crippen LogP contribution < -0.4 is 10.6 Å². The zero-order valence-corrected chi connectivity index (χ0v) is 14.3. The van der Waals surface area contributed by atoms with Crippen molar-refractivity contribution in [3.8, 4) is 22.6 Å². The lowest BCUT2D eigenvalue weighted by atomic mass is 10.1. The van der Waals surface area contributed by atoms with Gasteiger partial charge < -0.3 is 10.6 Å². The molecule has 4 rings (SSSR count). The van der Waals surface area contributed by atoms with Gasteiger partial charge in [-0.25, -0.2) is 24.3 Å². The van der Waals surface area contributed by atoms with Gasteiger partial charge in [0.15, 0.2) is 11.5 Å². The molecule has 0 amide bonds. The van der Waals surface area contributed by atoms with Crippen LogP contribution >= 0.6 is 0 Å². The molecule has 1 aromatic carbocycles. The van der Waals surface area contributed by atoms with E-state index >= 15 is 0 Å². The van der Waals surface area contributed by atoms with Crippen molar-refractivity contribution in [2.75, 3.05) is 24.7 Å². The van der Waals surface area contributed by atoms with Gasteiger partial charge >= 0.3 is 0 Å². The molecule has 0 aliphatic rings. The molecule has 0 spiro atoms. The number of nitrogens with two attached hydrogens (primary N) is 1. The monoisotopic (exact) mass is 349 g/mol. The maximum Gasteiger partial charge on any atom is 0.220 e. The number of nitrogens with zero attached hydrogens (tertiary/aromatic N) is 6. The first-order valence-corrected chi connectivity index (χ1v) is 7.94. The highest BCUT2D eigenvalue weighted by Crippen LogP contribution is 2.33. The normalized spacial score (nSPS) is 11.0. The van der Waals surface area contributed by atoms with Crippen molar-refractivity contribution in [2.24, 2.45) is 0 Å². The Morgan fingerprint density at radius 1 is 1.00 bits per heavy atom. The number of aromatic nitrogens is 5. The summed E-state index contributed by atoms with van der Waals surface area (Å²) >= 11 is 0. The van der Waals surface area contributed by atoms with E-state index in [1.807, 2.05) is 29.6 Å². The van der Waals surface area contributed by atoms with E-state index in [4.69, 9.17) is 10.7 Å². The van der Waals surface area contributed by atoms with Gasteiger partial charge in [0.1, 0.15) is 5.82 Å². The standard InChI is InChI=1S/C18H16FN7/c1-25(2)16-17-24-14(11-3-5-12(19)6-4-11)15(26(17)10-9-21-16)13-7-8-22-18(20)23-13/h3-10H,1-2H3,(H2,20,22,23). The average molecular weight is 349 g/mol. The van der Waals surface area contributed by atoms with Crippen LogP contribution in [0.25, 0.3) is 28.3 Å². The fourth-order valence-corrected chi connectivity index (χ4v) is 2.84. The van der Waals surface area contributed by atoms with E-state index < -0.39 is 0 Å². The van der Waals surface area contributed by atoms with Crippen LogP contribution in [0.3, 0.4) is 0 Å². The SMILES string of the molecule is CN(C)c1nccn2c(-c3ccnc(N)n3)c(-c3ccc(F)cc3)nc12. The number of halogens is 1. The summed E-state index contributed by atoms with van der Waals surface area (Å²) in [4.78, 5) is 19.4. The van der Waals surface area contributed by atoms with Crippen LogP contribution in [-0.2, 0) is 0 Å². The number of fused-ring (bicyclic) bond motifs is 1. The van der Waals surface area contributed by atoms with Crippen molar-refractivity contribution in [3.05, 3.63) is 54.7 Å². The molecule has 3 aromatic heterocycles. The molecular formula is C18H16FN7. The summed E-state index contributed by atoms with van der Waals surface area (Å²) in [6, 6.07) is 7.95. The molecule has 0 fully saturated rings. The minimum atomic E-state index is -0.305. The average Bonchev–Trinajstić information content (AvgIpc) is 3.01. The third kappa shape index (κ3) is 2.61. The molecule has 26 heavy (non-hydrogen) atoms. The highest BCUT2D eigenvalue weighted by atomic mass is 19.1. The summed E-state index contributed by atoms with van der Waals surface area (Å²) in [7, 11) is 3.80. The Balaban J connectivity index is 2.07. The fraction of sp³-hybridized carbons (Fsp3) is 0.111. The van der Waals surface area contributed by atoms with E-state index in [1.54, 1.807) is 30.6 Å². The van der Waals surface area contributed by atoms with E-state index in [2.05, 4.69) is 15.0 Å². The van der Waals surface area contributed by atoms with E-state index in [-0.39, 0.29) is 11.8 Å². The van der Waals surface area contributed by atoms with Crippen LogP contribution in [0.1, 0.15) is 0 Å². The van der Waals surface area contributed by atoms with Gasteiger partial charge in [0.25, 0.3) is 0 Å². The molecule has 130 valence electrons. The fourth-order valence-electron chi connectivity index (χ4n) is 2.84. The minimum Gasteiger partial charge on any atom is -0.368 e. The molecule has 2 N–H and O–H groups in total. The molecule has 0 saturated carbocycles. The summed E-state index contributed by atoms with van der Waals surface area (Å²) in [5.41, 5.74) is 9.25. The highest BCUT2D eigenvalue weighted by molar-refractivity contribution is 5.83. The van der Waals surface area contributed by atoms with Gasteiger partial charge in [0.05, 0.1) is 17.1 Å². The Bertz CT molecular complexity index is 1090. The highest BCUT2D eigenvalue weighted by Gasteiger charge is 2.20. The van der Waals surface area contributed by atoms with Crippen LogP contribution in [0.2, 0.25) is 0 Å². The van der Waals surface area contributed by atoms with Gasteiger partial charge in [-0.2, -0.15) is 0 Å². The summed E-state index contributed by atoms with van der Waals surface area (Å²) in [5, 5.41) is 0. The van der Waals surface area contributed by atoms with Gasteiger partial charge in [-0.05, 0) is 30.3 Å². The Morgan fingerprint density at radius 2 is 1.77 bits per heavy atom. The maximum atomic E-state index is 13.4. The second-order valence-electron chi connectivity index (χ2n) is 5.95. The second kappa shape index (κ2) is 6.07. The van der Waals surface area contributed by atoms with Crippen molar-refractivity contribution in [1.29, 1.82) is 0 Å². The van der Waals surface area contributed by atoms with Crippen molar-refractivity contribution >= 4 is 17.4 Å². The van der Waals surface area contributed by atoms with Crippen molar-refractivity contribution < 1.29 is 4.39 Å². The van der Waals surface area contributed by atoms with E-state index in [1.165, 1.54) is 12.1 Å². The molecule has 0 unspecified atom stereocenters. The van der Waals surface area contributed by atoms with Gasteiger partial charge in [-0.15, -0.1) is 0 Å². The lowest BCUT2D eigenvalue weighted by Gasteiger charge is -2.11. The third-order valence-corrected chi connectivity index (χ3v) is 3.98. The molecule has 0 bridgehead atoms. The number of benzene rings is 1. The Hall–Kier alpha value is -3.55. The van der Waals surface area contributed by atoms with E-state index in [9.17, 15) is 4.39 Å². The second-order valence-corrected chi connectivity index (χ2v) is 5.95. The predicted molar refractivity (Wildman–Crippen MR) is 98.1 cm³/mol. The number of imidazole rings is 1. The molecular weight excluding hydrogens is 333 g/mol. The molecule has 4 aromatic rings. The molecule has 7 nitrogen and oxygen atoms in total. The van der Waals surface area contributed by atoms with Crippen molar-refractivity contribution in [2.45, 2.75) is 0 Å². The predicted octanol–water partition coefficient (Wildman–Crippen LogP) is 2.64. The largest absolute Gasteiger partial charge is 0.368 e. The van der Waals surface area contributed by atoms with E-state index in [0.717, 1.165) is 11.3 Å². The molecule has 8 heteroatoms. The molecule has 3 heterocycles. The van der Waals surface area contributed by atoms with Gasteiger partial charge in [0.2, 0.25) is 5.95 Å². The zero-order valence-electron chi connectivity index (χ0n) is 14.3. The van der Waals surface area contributed by atoms with Gasteiger partial charge in [-0.1, -0.05) is 0 Å². The van der Waals surface area contributed by atoms with E-state index in [0.29, 0.717) is 22.9 Å². The number of anilines is 2. The summed E-state index contributed by atoms with van der Waals surface area (Å²) in [6.07, 6.45) is 5.11. The molecule has 0 saturated heterocycles.